The standard InChI is InChI=1S/C13H15ClO2/c1-3-4-7-10(2)16-13(15)11-8-5-6-9-12(11)14/h5-6,8-9H,2-4,7H2,1H3. The summed E-state index contributed by atoms with van der Waals surface area (Å²) in [6.45, 7) is 5.77. The highest BCUT2D eigenvalue weighted by Crippen LogP contribution is 2.18. The Bertz CT molecular complexity index is 385. The fourth-order valence-electron chi connectivity index (χ4n) is 1.24. The van der Waals surface area contributed by atoms with Gasteiger partial charge in [-0.15, -0.1) is 0 Å². The van der Waals surface area contributed by atoms with Crippen molar-refractivity contribution < 1.29 is 9.53 Å². The van der Waals surface area contributed by atoms with E-state index >= 15 is 0 Å². The van der Waals surface area contributed by atoms with Crippen LogP contribution in [-0.4, -0.2) is 5.97 Å². The number of ether oxygens (including phenoxy) is 1. The molecule has 0 amide bonds. The first kappa shape index (κ1) is 12.8. The van der Waals surface area contributed by atoms with Crippen LogP contribution in [0.3, 0.4) is 0 Å². The lowest BCUT2D eigenvalue weighted by Crippen LogP contribution is -2.05. The van der Waals surface area contributed by atoms with Crippen molar-refractivity contribution in [2.45, 2.75) is 26.2 Å². The molecule has 0 heterocycles. The van der Waals surface area contributed by atoms with E-state index in [1.54, 1.807) is 24.3 Å². The van der Waals surface area contributed by atoms with E-state index in [4.69, 9.17) is 16.3 Å². The van der Waals surface area contributed by atoms with Crippen LogP contribution in [0.5, 0.6) is 0 Å². The third-order valence-corrected chi connectivity index (χ3v) is 2.47. The molecule has 1 aromatic rings. The molecule has 0 unspecified atom stereocenters. The third kappa shape index (κ3) is 3.70. The zero-order valence-corrected chi connectivity index (χ0v) is 10.1. The smallest absolute Gasteiger partial charge is 0.344 e. The van der Waals surface area contributed by atoms with Crippen LogP contribution in [-0.2, 0) is 4.74 Å². The van der Waals surface area contributed by atoms with Gasteiger partial charge in [-0.2, -0.15) is 0 Å². The highest BCUT2D eigenvalue weighted by Gasteiger charge is 2.12. The average molecular weight is 239 g/mol. The predicted octanol–water partition coefficient (Wildman–Crippen LogP) is 4.20. The molecule has 0 saturated heterocycles. The van der Waals surface area contributed by atoms with Crippen molar-refractivity contribution in [3.05, 3.63) is 47.2 Å². The number of halogens is 1. The lowest BCUT2D eigenvalue weighted by atomic mass is 10.2. The van der Waals surface area contributed by atoms with E-state index in [1.165, 1.54) is 0 Å². The molecular weight excluding hydrogens is 224 g/mol. The number of allylic oxidation sites excluding steroid dienone is 1. The van der Waals surface area contributed by atoms with Crippen LogP contribution in [0.2, 0.25) is 5.02 Å². The summed E-state index contributed by atoms with van der Waals surface area (Å²) in [5.41, 5.74) is 0.377. The molecule has 1 aromatic carbocycles. The minimum atomic E-state index is -0.438. The average Bonchev–Trinajstić information content (AvgIpc) is 2.26. The van der Waals surface area contributed by atoms with Crippen molar-refractivity contribution in [3.8, 4) is 0 Å². The Morgan fingerprint density at radius 2 is 2.12 bits per heavy atom. The van der Waals surface area contributed by atoms with E-state index in [9.17, 15) is 4.79 Å². The first-order valence-corrected chi connectivity index (χ1v) is 5.67. The number of esters is 1. The number of hydrogen-bond donors (Lipinski definition) is 0. The van der Waals surface area contributed by atoms with E-state index in [2.05, 4.69) is 13.5 Å². The van der Waals surface area contributed by atoms with Crippen LogP contribution in [0.4, 0.5) is 0 Å². The van der Waals surface area contributed by atoms with Crippen molar-refractivity contribution in [3.63, 3.8) is 0 Å². The van der Waals surface area contributed by atoms with Crippen LogP contribution in [0.15, 0.2) is 36.6 Å². The van der Waals surface area contributed by atoms with E-state index in [0.717, 1.165) is 12.8 Å². The van der Waals surface area contributed by atoms with Crippen molar-refractivity contribution in [1.82, 2.24) is 0 Å². The molecule has 0 saturated carbocycles. The molecule has 2 nitrogen and oxygen atoms in total. The second-order valence-electron chi connectivity index (χ2n) is 3.51. The molecule has 0 aromatic heterocycles. The molecule has 0 aliphatic carbocycles. The summed E-state index contributed by atoms with van der Waals surface area (Å²) in [5, 5.41) is 0.399. The molecule has 86 valence electrons. The lowest BCUT2D eigenvalue weighted by molar-refractivity contribution is 0.0615. The summed E-state index contributed by atoms with van der Waals surface area (Å²) in [5.74, 6) is 0.0541. The quantitative estimate of drug-likeness (QED) is 0.568. The first-order valence-electron chi connectivity index (χ1n) is 5.29. The molecule has 0 aliphatic rings. The van der Waals surface area contributed by atoms with Crippen molar-refractivity contribution >= 4 is 17.6 Å². The van der Waals surface area contributed by atoms with E-state index in [-0.39, 0.29) is 0 Å². The number of carbonyl (C=O) groups excluding carboxylic acids is 1. The molecule has 3 heteroatoms. The fraction of sp³-hybridized carbons (Fsp3) is 0.308. The lowest BCUT2D eigenvalue weighted by Gasteiger charge is -2.07. The molecule has 0 N–H and O–H groups in total. The number of hydrogen-bond acceptors (Lipinski definition) is 2. The maximum atomic E-state index is 11.7. The summed E-state index contributed by atoms with van der Waals surface area (Å²) in [6.07, 6.45) is 2.71. The Kier molecular flexibility index (Phi) is 5.06. The molecule has 1 rings (SSSR count). The van der Waals surface area contributed by atoms with Crippen molar-refractivity contribution in [2.24, 2.45) is 0 Å². The van der Waals surface area contributed by atoms with Crippen molar-refractivity contribution in [2.75, 3.05) is 0 Å². The Labute approximate surface area is 101 Å². The monoisotopic (exact) mass is 238 g/mol. The third-order valence-electron chi connectivity index (χ3n) is 2.14. The van der Waals surface area contributed by atoms with E-state index < -0.39 is 5.97 Å². The first-order chi connectivity index (χ1) is 7.65. The van der Waals surface area contributed by atoms with Gasteiger partial charge in [0, 0.05) is 6.42 Å². The Balaban J connectivity index is 2.59. The number of rotatable bonds is 5. The zero-order valence-electron chi connectivity index (χ0n) is 9.33. The predicted molar refractivity (Wildman–Crippen MR) is 65.5 cm³/mol. The molecule has 0 atom stereocenters. The van der Waals surface area contributed by atoms with Crippen molar-refractivity contribution in [1.29, 1.82) is 0 Å². The minimum Gasteiger partial charge on any atom is -0.428 e. The SMILES string of the molecule is C=C(CCCC)OC(=O)c1ccccc1Cl. The second kappa shape index (κ2) is 6.33. The molecule has 0 bridgehead atoms. The van der Waals surface area contributed by atoms with Crippen LogP contribution in [0, 0.1) is 0 Å². The Morgan fingerprint density at radius 1 is 1.44 bits per heavy atom. The van der Waals surface area contributed by atoms with Gasteiger partial charge in [0.2, 0.25) is 0 Å². The summed E-state index contributed by atoms with van der Waals surface area (Å²) in [4.78, 5) is 11.7. The molecule has 0 spiro atoms. The van der Waals surface area contributed by atoms with Gasteiger partial charge in [0.05, 0.1) is 10.6 Å². The summed E-state index contributed by atoms with van der Waals surface area (Å²) < 4.78 is 5.10. The number of unbranched alkanes of at least 4 members (excludes halogenated alkanes) is 1. The summed E-state index contributed by atoms with van der Waals surface area (Å²) >= 11 is 5.88. The van der Waals surface area contributed by atoms with E-state index in [1.807, 2.05) is 0 Å². The second-order valence-corrected chi connectivity index (χ2v) is 3.92. The van der Waals surface area contributed by atoms with Gasteiger partial charge in [-0.1, -0.05) is 43.7 Å². The van der Waals surface area contributed by atoms with Crippen LogP contribution >= 0.6 is 11.6 Å². The largest absolute Gasteiger partial charge is 0.428 e. The summed E-state index contributed by atoms with van der Waals surface area (Å²) in [6, 6.07) is 6.81. The molecule has 0 aliphatic heterocycles. The van der Waals surface area contributed by atoms with Crippen LogP contribution in [0.1, 0.15) is 36.5 Å². The maximum absolute atomic E-state index is 11.7. The van der Waals surface area contributed by atoms with Gasteiger partial charge >= 0.3 is 5.97 Å². The molecule has 0 fully saturated rings. The van der Waals surface area contributed by atoms with Gasteiger partial charge in [-0.25, -0.2) is 4.79 Å². The van der Waals surface area contributed by atoms with Crippen LogP contribution in [0.25, 0.3) is 0 Å². The van der Waals surface area contributed by atoms with Gasteiger partial charge in [-0.05, 0) is 18.6 Å². The Hall–Kier alpha value is -1.28. The normalized spacial score (nSPS) is 9.88. The number of benzene rings is 1. The highest BCUT2D eigenvalue weighted by molar-refractivity contribution is 6.33. The highest BCUT2D eigenvalue weighted by atomic mass is 35.5. The van der Waals surface area contributed by atoms with E-state index in [0.29, 0.717) is 22.8 Å². The van der Waals surface area contributed by atoms with Gasteiger partial charge in [0.15, 0.2) is 0 Å². The van der Waals surface area contributed by atoms with Gasteiger partial charge in [0.1, 0.15) is 5.76 Å². The fourth-order valence-corrected chi connectivity index (χ4v) is 1.45. The van der Waals surface area contributed by atoms with Gasteiger partial charge in [0.25, 0.3) is 0 Å². The molecule has 16 heavy (non-hydrogen) atoms. The zero-order chi connectivity index (χ0) is 12.0. The topological polar surface area (TPSA) is 26.3 Å². The van der Waals surface area contributed by atoms with Gasteiger partial charge < -0.3 is 4.74 Å². The Morgan fingerprint density at radius 3 is 2.75 bits per heavy atom. The summed E-state index contributed by atoms with van der Waals surface area (Å²) in [7, 11) is 0. The maximum Gasteiger partial charge on any atom is 0.344 e. The molecule has 0 radical (unpaired) electrons. The van der Waals surface area contributed by atoms with Gasteiger partial charge in [-0.3, -0.25) is 0 Å². The molecular formula is C13H15ClO2. The minimum absolute atomic E-state index is 0.377. The number of carbonyl (C=O) groups is 1. The van der Waals surface area contributed by atoms with Crippen LogP contribution < -0.4 is 0 Å².